The van der Waals surface area contributed by atoms with Crippen molar-refractivity contribution in [3.8, 4) is 5.75 Å². The summed E-state index contributed by atoms with van der Waals surface area (Å²) in [4.78, 5) is 14.5. The SMILES string of the molecule is CCOc1ccc(CCC2CCN(C(=O)CCc3ccsc3)CC2)cc1. The summed E-state index contributed by atoms with van der Waals surface area (Å²) in [6.07, 6.45) is 6.13. The van der Waals surface area contributed by atoms with Crippen LogP contribution < -0.4 is 4.74 Å². The zero-order valence-corrected chi connectivity index (χ0v) is 16.5. The lowest BCUT2D eigenvalue weighted by Crippen LogP contribution is -2.38. The smallest absolute Gasteiger partial charge is 0.222 e. The summed E-state index contributed by atoms with van der Waals surface area (Å²) >= 11 is 1.70. The van der Waals surface area contributed by atoms with Crippen LogP contribution >= 0.6 is 11.3 Å². The number of likely N-dealkylation sites (tertiary alicyclic amines) is 1. The molecule has 1 aliphatic rings. The van der Waals surface area contributed by atoms with Gasteiger partial charge in [-0.25, -0.2) is 0 Å². The lowest BCUT2D eigenvalue weighted by atomic mass is 9.90. The Morgan fingerprint density at radius 3 is 2.54 bits per heavy atom. The monoisotopic (exact) mass is 371 g/mol. The first-order valence-corrected chi connectivity index (χ1v) is 10.7. The largest absolute Gasteiger partial charge is 0.494 e. The molecule has 1 fully saturated rings. The first-order chi connectivity index (χ1) is 12.7. The maximum atomic E-state index is 12.4. The van der Waals surface area contributed by atoms with Crippen LogP contribution in [0.3, 0.4) is 0 Å². The summed E-state index contributed by atoms with van der Waals surface area (Å²) < 4.78 is 5.50. The van der Waals surface area contributed by atoms with Gasteiger partial charge < -0.3 is 9.64 Å². The summed E-state index contributed by atoms with van der Waals surface area (Å²) in [5.41, 5.74) is 2.66. The first-order valence-electron chi connectivity index (χ1n) is 9.75. The molecule has 0 spiro atoms. The maximum absolute atomic E-state index is 12.4. The van der Waals surface area contributed by atoms with Crippen molar-refractivity contribution >= 4 is 17.2 Å². The lowest BCUT2D eigenvalue weighted by Gasteiger charge is -2.32. The predicted octanol–water partition coefficient (Wildman–Crippen LogP) is 4.95. The van der Waals surface area contributed by atoms with Crippen molar-refractivity contribution < 1.29 is 9.53 Å². The molecule has 1 saturated heterocycles. The molecule has 3 rings (SSSR count). The van der Waals surface area contributed by atoms with Gasteiger partial charge in [-0.2, -0.15) is 11.3 Å². The molecule has 0 N–H and O–H groups in total. The number of ether oxygens (including phenoxy) is 1. The molecule has 4 heteroatoms. The maximum Gasteiger partial charge on any atom is 0.222 e. The number of thiophene rings is 1. The molecule has 0 aliphatic carbocycles. The topological polar surface area (TPSA) is 29.5 Å². The van der Waals surface area contributed by atoms with E-state index >= 15 is 0 Å². The van der Waals surface area contributed by atoms with Crippen molar-refractivity contribution in [2.75, 3.05) is 19.7 Å². The molecule has 0 atom stereocenters. The zero-order chi connectivity index (χ0) is 18.2. The average Bonchev–Trinajstić information content (AvgIpc) is 3.20. The average molecular weight is 372 g/mol. The van der Waals surface area contributed by atoms with Gasteiger partial charge in [0.05, 0.1) is 6.61 Å². The summed E-state index contributed by atoms with van der Waals surface area (Å²) in [7, 11) is 0. The Kier molecular flexibility index (Phi) is 7.13. The number of carbonyl (C=O) groups is 1. The van der Waals surface area contributed by atoms with Crippen LogP contribution in [0.5, 0.6) is 5.75 Å². The van der Waals surface area contributed by atoms with E-state index in [1.807, 2.05) is 6.92 Å². The van der Waals surface area contributed by atoms with Gasteiger partial charge in [0.2, 0.25) is 5.91 Å². The lowest BCUT2D eigenvalue weighted by molar-refractivity contribution is -0.132. The third kappa shape index (κ3) is 5.60. The molecule has 0 saturated carbocycles. The van der Waals surface area contributed by atoms with E-state index in [4.69, 9.17) is 4.74 Å². The fourth-order valence-corrected chi connectivity index (χ4v) is 4.31. The molecule has 26 heavy (non-hydrogen) atoms. The van der Waals surface area contributed by atoms with Crippen molar-refractivity contribution in [2.45, 2.75) is 45.4 Å². The molecule has 1 aromatic carbocycles. The van der Waals surface area contributed by atoms with E-state index in [2.05, 4.69) is 46.0 Å². The highest BCUT2D eigenvalue weighted by atomic mass is 32.1. The van der Waals surface area contributed by atoms with Gasteiger partial charge in [-0.05, 0) is 85.0 Å². The van der Waals surface area contributed by atoms with Crippen LogP contribution in [0.25, 0.3) is 0 Å². The zero-order valence-electron chi connectivity index (χ0n) is 15.7. The van der Waals surface area contributed by atoms with E-state index in [0.717, 1.165) is 50.4 Å². The van der Waals surface area contributed by atoms with Crippen LogP contribution in [0.4, 0.5) is 0 Å². The fourth-order valence-electron chi connectivity index (χ4n) is 3.61. The van der Waals surface area contributed by atoms with E-state index in [1.165, 1.54) is 17.5 Å². The Bertz CT molecular complexity index is 658. The highest BCUT2D eigenvalue weighted by molar-refractivity contribution is 7.07. The summed E-state index contributed by atoms with van der Waals surface area (Å²) in [5.74, 6) is 2.01. The van der Waals surface area contributed by atoms with Crippen molar-refractivity contribution in [1.29, 1.82) is 0 Å². The number of nitrogens with zero attached hydrogens (tertiary/aromatic N) is 1. The number of benzene rings is 1. The molecular formula is C22H29NO2S. The number of amides is 1. The van der Waals surface area contributed by atoms with Crippen LogP contribution in [0.1, 0.15) is 43.7 Å². The molecule has 140 valence electrons. The summed E-state index contributed by atoms with van der Waals surface area (Å²) in [6.45, 7) is 4.57. The van der Waals surface area contributed by atoms with Gasteiger partial charge >= 0.3 is 0 Å². The van der Waals surface area contributed by atoms with Gasteiger partial charge in [-0.15, -0.1) is 0 Å². The first kappa shape index (κ1) is 19.0. The van der Waals surface area contributed by atoms with Gasteiger partial charge in [0.15, 0.2) is 0 Å². The molecular weight excluding hydrogens is 342 g/mol. The van der Waals surface area contributed by atoms with Gasteiger partial charge in [-0.3, -0.25) is 4.79 Å². The number of piperidine rings is 1. The van der Waals surface area contributed by atoms with Crippen molar-refractivity contribution in [1.82, 2.24) is 4.90 Å². The molecule has 0 unspecified atom stereocenters. The number of hydrogen-bond acceptors (Lipinski definition) is 3. The molecule has 1 aromatic heterocycles. The Hall–Kier alpha value is -1.81. The van der Waals surface area contributed by atoms with Gasteiger partial charge in [-0.1, -0.05) is 12.1 Å². The van der Waals surface area contributed by atoms with E-state index in [0.29, 0.717) is 18.9 Å². The standard InChI is InChI=1S/C22H29NO2S/c1-2-25-21-8-5-18(6-9-21)3-4-19-11-14-23(15-12-19)22(24)10-7-20-13-16-26-17-20/h5-6,8-9,13,16-17,19H,2-4,7,10-12,14-15H2,1H3. The van der Waals surface area contributed by atoms with E-state index in [1.54, 1.807) is 11.3 Å². The second kappa shape index (κ2) is 9.77. The molecule has 1 aliphatic heterocycles. The summed E-state index contributed by atoms with van der Waals surface area (Å²) in [5, 5.41) is 4.22. The van der Waals surface area contributed by atoms with Gasteiger partial charge in [0.1, 0.15) is 5.75 Å². The Morgan fingerprint density at radius 1 is 1.12 bits per heavy atom. The minimum Gasteiger partial charge on any atom is -0.494 e. The van der Waals surface area contributed by atoms with Crippen LogP contribution in [-0.2, 0) is 17.6 Å². The van der Waals surface area contributed by atoms with E-state index in [-0.39, 0.29) is 0 Å². The van der Waals surface area contributed by atoms with Crippen molar-refractivity contribution in [3.05, 3.63) is 52.2 Å². The second-order valence-corrected chi connectivity index (χ2v) is 7.85. The van der Waals surface area contributed by atoms with Gasteiger partial charge in [0.25, 0.3) is 0 Å². The van der Waals surface area contributed by atoms with Crippen molar-refractivity contribution in [2.24, 2.45) is 5.92 Å². The molecule has 3 nitrogen and oxygen atoms in total. The van der Waals surface area contributed by atoms with Crippen LogP contribution in [0.15, 0.2) is 41.1 Å². The predicted molar refractivity (Wildman–Crippen MR) is 108 cm³/mol. The third-order valence-corrected chi connectivity index (χ3v) is 5.98. The van der Waals surface area contributed by atoms with Crippen LogP contribution in [0, 0.1) is 5.92 Å². The van der Waals surface area contributed by atoms with Crippen LogP contribution in [-0.4, -0.2) is 30.5 Å². The summed E-state index contributed by atoms with van der Waals surface area (Å²) in [6, 6.07) is 10.6. The Balaban J connectivity index is 1.36. The highest BCUT2D eigenvalue weighted by Gasteiger charge is 2.22. The molecule has 1 amide bonds. The molecule has 0 bridgehead atoms. The van der Waals surface area contributed by atoms with Gasteiger partial charge in [0, 0.05) is 19.5 Å². The normalized spacial score (nSPS) is 15.2. The molecule has 2 heterocycles. The minimum absolute atomic E-state index is 0.321. The fraction of sp³-hybridized carbons (Fsp3) is 0.500. The minimum atomic E-state index is 0.321. The highest BCUT2D eigenvalue weighted by Crippen LogP contribution is 2.24. The molecule has 2 aromatic rings. The quantitative estimate of drug-likeness (QED) is 0.657. The number of carbonyl (C=O) groups excluding carboxylic acids is 1. The Morgan fingerprint density at radius 2 is 1.88 bits per heavy atom. The number of rotatable bonds is 8. The second-order valence-electron chi connectivity index (χ2n) is 7.07. The van der Waals surface area contributed by atoms with E-state index < -0.39 is 0 Å². The Labute approximate surface area is 161 Å². The number of aryl methyl sites for hydroxylation is 2. The van der Waals surface area contributed by atoms with E-state index in [9.17, 15) is 4.79 Å². The number of hydrogen-bond donors (Lipinski definition) is 0. The van der Waals surface area contributed by atoms with Crippen LogP contribution in [0.2, 0.25) is 0 Å². The third-order valence-electron chi connectivity index (χ3n) is 5.25. The van der Waals surface area contributed by atoms with Crippen molar-refractivity contribution in [3.63, 3.8) is 0 Å². The molecule has 0 radical (unpaired) electrons.